The number of aryl methyl sites for hydroxylation is 1. The van der Waals surface area contributed by atoms with Crippen LogP contribution >= 0.6 is 0 Å². The van der Waals surface area contributed by atoms with Crippen molar-refractivity contribution in [2.75, 3.05) is 36.8 Å². The van der Waals surface area contributed by atoms with Crippen LogP contribution in [0.5, 0.6) is 0 Å². The number of benzene rings is 1. The fraction of sp³-hybridized carbons (Fsp3) is 0.625. The highest BCUT2D eigenvalue weighted by atomic mass is 15.2. The van der Waals surface area contributed by atoms with Crippen LogP contribution in [0.4, 0.5) is 11.4 Å². The van der Waals surface area contributed by atoms with E-state index in [1.807, 2.05) is 6.07 Å². The second kappa shape index (κ2) is 5.41. The van der Waals surface area contributed by atoms with Gasteiger partial charge in [-0.25, -0.2) is 0 Å². The average Bonchev–Trinajstić information content (AvgIpc) is 2.93. The zero-order chi connectivity index (χ0) is 13.2. The first-order chi connectivity index (χ1) is 9.24. The smallest absolute Gasteiger partial charge is 0.0397 e. The molecule has 2 aliphatic rings. The quantitative estimate of drug-likeness (QED) is 0.829. The van der Waals surface area contributed by atoms with Crippen molar-refractivity contribution in [3.05, 3.63) is 23.8 Å². The molecule has 19 heavy (non-hydrogen) atoms. The molecule has 1 aromatic carbocycles. The number of hydrogen-bond donors (Lipinski definition) is 1. The summed E-state index contributed by atoms with van der Waals surface area (Å²) in [6, 6.07) is 7.12. The summed E-state index contributed by atoms with van der Waals surface area (Å²) in [5.41, 5.74) is 9.38. The standard InChI is InChI=1S/C16H25N3/c1-13-12-14(17)4-5-16(13)19-10-6-15(7-11-19)18-8-2-3-9-18/h4-5,12,15H,2-3,6-11,17H2,1H3. The summed E-state index contributed by atoms with van der Waals surface area (Å²) >= 11 is 0. The van der Waals surface area contributed by atoms with E-state index < -0.39 is 0 Å². The van der Waals surface area contributed by atoms with Crippen molar-refractivity contribution in [3.63, 3.8) is 0 Å². The number of nitrogens with two attached hydrogens (primary N) is 1. The van der Waals surface area contributed by atoms with Crippen molar-refractivity contribution in [1.29, 1.82) is 0 Å². The molecule has 2 N–H and O–H groups in total. The molecule has 0 radical (unpaired) electrons. The summed E-state index contributed by atoms with van der Waals surface area (Å²) in [6.45, 7) is 7.19. The van der Waals surface area contributed by atoms with Gasteiger partial charge in [0.05, 0.1) is 0 Å². The van der Waals surface area contributed by atoms with Crippen molar-refractivity contribution in [1.82, 2.24) is 4.90 Å². The lowest BCUT2D eigenvalue weighted by molar-refractivity contribution is 0.208. The summed E-state index contributed by atoms with van der Waals surface area (Å²) in [5.74, 6) is 0. The van der Waals surface area contributed by atoms with Crippen LogP contribution in [0.25, 0.3) is 0 Å². The van der Waals surface area contributed by atoms with Gasteiger partial charge in [0.1, 0.15) is 0 Å². The Labute approximate surface area is 116 Å². The van der Waals surface area contributed by atoms with E-state index in [9.17, 15) is 0 Å². The van der Waals surface area contributed by atoms with Gasteiger partial charge >= 0.3 is 0 Å². The maximum absolute atomic E-state index is 5.84. The molecule has 0 atom stereocenters. The molecule has 0 saturated carbocycles. The summed E-state index contributed by atoms with van der Waals surface area (Å²) in [7, 11) is 0. The Hall–Kier alpha value is -1.22. The second-order valence-corrected chi connectivity index (χ2v) is 6.01. The molecule has 1 aromatic rings. The molecule has 0 unspecified atom stereocenters. The molecule has 3 nitrogen and oxygen atoms in total. The van der Waals surface area contributed by atoms with Crippen LogP contribution in [-0.4, -0.2) is 37.1 Å². The van der Waals surface area contributed by atoms with E-state index in [4.69, 9.17) is 5.73 Å². The number of nitrogen functional groups attached to an aromatic ring is 1. The van der Waals surface area contributed by atoms with Gasteiger partial charge in [0.2, 0.25) is 0 Å². The third kappa shape index (κ3) is 2.71. The van der Waals surface area contributed by atoms with Gasteiger partial charge in [0.15, 0.2) is 0 Å². The number of anilines is 2. The second-order valence-electron chi connectivity index (χ2n) is 6.01. The molecule has 2 fully saturated rings. The number of hydrogen-bond acceptors (Lipinski definition) is 3. The average molecular weight is 259 g/mol. The lowest BCUT2D eigenvalue weighted by Gasteiger charge is -2.38. The van der Waals surface area contributed by atoms with E-state index in [-0.39, 0.29) is 0 Å². The highest BCUT2D eigenvalue weighted by molar-refractivity contribution is 5.59. The maximum atomic E-state index is 5.84. The predicted octanol–water partition coefficient (Wildman–Crippen LogP) is 2.64. The minimum absolute atomic E-state index is 0.827. The third-order valence-corrected chi connectivity index (χ3v) is 4.68. The first-order valence-electron chi connectivity index (χ1n) is 7.59. The van der Waals surface area contributed by atoms with Crippen LogP contribution in [0.2, 0.25) is 0 Å². The van der Waals surface area contributed by atoms with Gasteiger partial charge in [-0.2, -0.15) is 0 Å². The van der Waals surface area contributed by atoms with E-state index in [1.165, 1.54) is 63.1 Å². The SMILES string of the molecule is Cc1cc(N)ccc1N1CCC(N2CCCC2)CC1. The van der Waals surface area contributed by atoms with Crippen LogP contribution in [0.1, 0.15) is 31.2 Å². The molecule has 0 amide bonds. The van der Waals surface area contributed by atoms with Gasteiger partial charge in [0.25, 0.3) is 0 Å². The fourth-order valence-electron chi connectivity index (χ4n) is 3.61. The van der Waals surface area contributed by atoms with E-state index in [0.29, 0.717) is 0 Å². The molecule has 104 valence electrons. The van der Waals surface area contributed by atoms with Gasteiger partial charge in [-0.3, -0.25) is 0 Å². The van der Waals surface area contributed by atoms with E-state index >= 15 is 0 Å². The zero-order valence-electron chi connectivity index (χ0n) is 11.9. The maximum Gasteiger partial charge on any atom is 0.0397 e. The van der Waals surface area contributed by atoms with Crippen molar-refractivity contribution in [2.45, 2.75) is 38.6 Å². The van der Waals surface area contributed by atoms with Crippen LogP contribution < -0.4 is 10.6 Å². The van der Waals surface area contributed by atoms with Gasteiger partial charge in [0, 0.05) is 30.5 Å². The first kappa shape index (κ1) is 12.8. The minimum Gasteiger partial charge on any atom is -0.399 e. The third-order valence-electron chi connectivity index (χ3n) is 4.68. The first-order valence-corrected chi connectivity index (χ1v) is 7.59. The van der Waals surface area contributed by atoms with E-state index in [1.54, 1.807) is 0 Å². The lowest BCUT2D eigenvalue weighted by atomic mass is 10.0. The van der Waals surface area contributed by atoms with Gasteiger partial charge in [-0.05, 0) is 69.5 Å². The van der Waals surface area contributed by atoms with Gasteiger partial charge in [-0.1, -0.05) is 0 Å². The van der Waals surface area contributed by atoms with E-state index in [0.717, 1.165) is 11.7 Å². The molecule has 2 saturated heterocycles. The van der Waals surface area contributed by atoms with E-state index in [2.05, 4.69) is 28.9 Å². The summed E-state index contributed by atoms with van der Waals surface area (Å²) in [4.78, 5) is 5.23. The van der Waals surface area contributed by atoms with Gasteiger partial charge < -0.3 is 15.5 Å². The Kier molecular flexibility index (Phi) is 3.65. The molecule has 0 aliphatic carbocycles. The topological polar surface area (TPSA) is 32.5 Å². The molecular weight excluding hydrogens is 234 g/mol. The molecule has 3 rings (SSSR count). The summed E-state index contributed by atoms with van der Waals surface area (Å²) in [5, 5.41) is 0. The molecule has 2 aliphatic heterocycles. The zero-order valence-corrected chi connectivity index (χ0v) is 11.9. The van der Waals surface area contributed by atoms with Crippen molar-refractivity contribution < 1.29 is 0 Å². The lowest BCUT2D eigenvalue weighted by Crippen LogP contribution is -2.44. The molecular formula is C16H25N3. The number of likely N-dealkylation sites (tertiary alicyclic amines) is 1. The highest BCUT2D eigenvalue weighted by Crippen LogP contribution is 2.28. The Bertz CT molecular complexity index is 430. The molecule has 0 aromatic heterocycles. The number of piperidine rings is 1. The largest absolute Gasteiger partial charge is 0.399 e. The predicted molar refractivity (Wildman–Crippen MR) is 81.6 cm³/mol. The summed E-state index contributed by atoms with van der Waals surface area (Å²) < 4.78 is 0. The Morgan fingerprint density at radius 2 is 1.74 bits per heavy atom. The molecule has 0 spiro atoms. The fourth-order valence-corrected chi connectivity index (χ4v) is 3.61. The molecule has 2 heterocycles. The van der Waals surface area contributed by atoms with Crippen molar-refractivity contribution in [2.24, 2.45) is 0 Å². The normalized spacial score (nSPS) is 22.1. The Morgan fingerprint density at radius 1 is 1.05 bits per heavy atom. The Morgan fingerprint density at radius 3 is 2.37 bits per heavy atom. The van der Waals surface area contributed by atoms with Crippen LogP contribution in [0.3, 0.4) is 0 Å². The van der Waals surface area contributed by atoms with Crippen LogP contribution in [-0.2, 0) is 0 Å². The highest BCUT2D eigenvalue weighted by Gasteiger charge is 2.26. The molecule has 0 bridgehead atoms. The van der Waals surface area contributed by atoms with Crippen LogP contribution in [0.15, 0.2) is 18.2 Å². The Balaban J connectivity index is 1.63. The number of rotatable bonds is 2. The van der Waals surface area contributed by atoms with Crippen LogP contribution in [0, 0.1) is 6.92 Å². The minimum atomic E-state index is 0.827. The van der Waals surface area contributed by atoms with Crippen molar-refractivity contribution in [3.8, 4) is 0 Å². The molecule has 3 heteroatoms. The van der Waals surface area contributed by atoms with Gasteiger partial charge in [-0.15, -0.1) is 0 Å². The monoisotopic (exact) mass is 259 g/mol. The summed E-state index contributed by atoms with van der Waals surface area (Å²) in [6.07, 6.45) is 5.42. The number of nitrogens with zero attached hydrogens (tertiary/aromatic N) is 2. The van der Waals surface area contributed by atoms with Crippen molar-refractivity contribution >= 4 is 11.4 Å².